The van der Waals surface area contributed by atoms with Crippen molar-refractivity contribution in [3.8, 4) is 0 Å². The quantitative estimate of drug-likeness (QED) is 0.879. The molecular formula is C10H9Cl2N3. The summed E-state index contributed by atoms with van der Waals surface area (Å²) in [5.74, 6) is 0.464. The zero-order chi connectivity index (χ0) is 10.8. The molecule has 0 saturated heterocycles. The molecule has 0 saturated carbocycles. The summed E-state index contributed by atoms with van der Waals surface area (Å²) in [4.78, 5) is 3.93. The molecule has 0 spiro atoms. The zero-order valence-corrected chi connectivity index (χ0v) is 9.33. The molecule has 0 bridgehead atoms. The van der Waals surface area contributed by atoms with E-state index in [0.717, 1.165) is 5.56 Å². The van der Waals surface area contributed by atoms with Gasteiger partial charge in [-0.3, -0.25) is 0 Å². The normalized spacial score (nSPS) is 10.5. The summed E-state index contributed by atoms with van der Waals surface area (Å²) in [5, 5.41) is 1.11. The van der Waals surface area contributed by atoms with Crippen LogP contribution in [0.25, 0.3) is 0 Å². The smallest absolute Gasteiger partial charge is 0.200 e. The van der Waals surface area contributed by atoms with Crippen molar-refractivity contribution in [2.45, 2.75) is 6.54 Å². The number of hydrogen-bond donors (Lipinski definition) is 1. The number of nitrogens with zero attached hydrogens (tertiary/aromatic N) is 2. The average Bonchev–Trinajstić information content (AvgIpc) is 2.60. The lowest BCUT2D eigenvalue weighted by Gasteiger charge is -2.07. The first kappa shape index (κ1) is 10.3. The Morgan fingerprint density at radius 1 is 1.33 bits per heavy atom. The van der Waals surface area contributed by atoms with Crippen LogP contribution in [0.1, 0.15) is 5.56 Å². The maximum atomic E-state index is 6.06. The van der Waals surface area contributed by atoms with Crippen LogP contribution in [0, 0.1) is 0 Å². The highest BCUT2D eigenvalue weighted by Gasteiger charge is 2.06. The molecule has 0 aliphatic rings. The van der Waals surface area contributed by atoms with Crippen molar-refractivity contribution in [1.82, 2.24) is 9.55 Å². The molecule has 2 rings (SSSR count). The first-order valence-electron chi connectivity index (χ1n) is 4.38. The van der Waals surface area contributed by atoms with Crippen molar-refractivity contribution in [3.05, 3.63) is 46.2 Å². The fourth-order valence-electron chi connectivity index (χ4n) is 1.33. The van der Waals surface area contributed by atoms with E-state index in [-0.39, 0.29) is 0 Å². The molecule has 1 heterocycles. The molecule has 0 amide bonds. The fourth-order valence-corrected chi connectivity index (χ4v) is 1.71. The van der Waals surface area contributed by atoms with Gasteiger partial charge in [-0.2, -0.15) is 0 Å². The number of imidazole rings is 1. The third-order valence-electron chi connectivity index (χ3n) is 2.12. The molecule has 2 N–H and O–H groups in total. The SMILES string of the molecule is Nc1nccn1Cc1cccc(Cl)c1Cl. The summed E-state index contributed by atoms with van der Waals surface area (Å²) < 4.78 is 1.80. The Labute approximate surface area is 97.4 Å². The van der Waals surface area contributed by atoms with Crippen molar-refractivity contribution in [2.75, 3.05) is 5.73 Å². The monoisotopic (exact) mass is 241 g/mol. The van der Waals surface area contributed by atoms with E-state index in [1.165, 1.54) is 0 Å². The maximum absolute atomic E-state index is 6.06. The molecule has 1 aromatic heterocycles. The topological polar surface area (TPSA) is 43.8 Å². The highest BCUT2D eigenvalue weighted by molar-refractivity contribution is 6.42. The van der Waals surface area contributed by atoms with E-state index >= 15 is 0 Å². The van der Waals surface area contributed by atoms with Gasteiger partial charge in [0.1, 0.15) is 0 Å². The van der Waals surface area contributed by atoms with E-state index in [4.69, 9.17) is 28.9 Å². The van der Waals surface area contributed by atoms with E-state index in [2.05, 4.69) is 4.98 Å². The third kappa shape index (κ3) is 2.08. The van der Waals surface area contributed by atoms with Crippen LogP contribution in [-0.4, -0.2) is 9.55 Å². The van der Waals surface area contributed by atoms with Crippen LogP contribution in [0.2, 0.25) is 10.0 Å². The van der Waals surface area contributed by atoms with Gasteiger partial charge in [0.25, 0.3) is 0 Å². The second-order valence-corrected chi connectivity index (χ2v) is 3.91. The van der Waals surface area contributed by atoms with Gasteiger partial charge in [0.15, 0.2) is 5.95 Å². The average molecular weight is 242 g/mol. The first-order chi connectivity index (χ1) is 7.18. The number of aromatic nitrogens is 2. The summed E-state index contributed by atoms with van der Waals surface area (Å²) >= 11 is 12.0. The van der Waals surface area contributed by atoms with Crippen LogP contribution in [-0.2, 0) is 6.54 Å². The van der Waals surface area contributed by atoms with Gasteiger partial charge < -0.3 is 10.3 Å². The second kappa shape index (κ2) is 4.13. The molecule has 0 unspecified atom stereocenters. The van der Waals surface area contributed by atoms with Gasteiger partial charge in [0.05, 0.1) is 16.6 Å². The van der Waals surface area contributed by atoms with Crippen LogP contribution in [0.5, 0.6) is 0 Å². The van der Waals surface area contributed by atoms with Gasteiger partial charge >= 0.3 is 0 Å². The Kier molecular flexibility index (Phi) is 2.84. The molecule has 15 heavy (non-hydrogen) atoms. The Bertz CT molecular complexity index is 479. The highest BCUT2D eigenvalue weighted by Crippen LogP contribution is 2.26. The molecule has 2 aromatic rings. The fraction of sp³-hybridized carbons (Fsp3) is 0.100. The largest absolute Gasteiger partial charge is 0.369 e. The van der Waals surface area contributed by atoms with Crippen molar-refractivity contribution in [1.29, 1.82) is 0 Å². The van der Waals surface area contributed by atoms with Gasteiger partial charge in [0, 0.05) is 12.4 Å². The van der Waals surface area contributed by atoms with Crippen LogP contribution < -0.4 is 5.73 Å². The molecule has 5 heteroatoms. The highest BCUT2D eigenvalue weighted by atomic mass is 35.5. The van der Waals surface area contributed by atoms with Crippen molar-refractivity contribution in [3.63, 3.8) is 0 Å². The Balaban J connectivity index is 2.33. The third-order valence-corrected chi connectivity index (χ3v) is 2.98. The van der Waals surface area contributed by atoms with Crippen LogP contribution >= 0.6 is 23.2 Å². The van der Waals surface area contributed by atoms with E-state index in [9.17, 15) is 0 Å². The predicted molar refractivity (Wildman–Crippen MR) is 62.2 cm³/mol. The summed E-state index contributed by atoms with van der Waals surface area (Å²) in [7, 11) is 0. The van der Waals surface area contributed by atoms with Gasteiger partial charge in [-0.1, -0.05) is 35.3 Å². The van der Waals surface area contributed by atoms with E-state index in [1.807, 2.05) is 12.1 Å². The molecule has 0 aliphatic carbocycles. The number of halogens is 2. The Morgan fingerprint density at radius 2 is 2.13 bits per heavy atom. The summed E-state index contributed by atoms with van der Waals surface area (Å²) in [5.41, 5.74) is 6.58. The maximum Gasteiger partial charge on any atom is 0.200 e. The van der Waals surface area contributed by atoms with E-state index in [0.29, 0.717) is 22.5 Å². The van der Waals surface area contributed by atoms with E-state index in [1.54, 1.807) is 23.0 Å². The Morgan fingerprint density at radius 3 is 2.80 bits per heavy atom. The molecule has 0 aliphatic heterocycles. The summed E-state index contributed by atoms with van der Waals surface area (Å²) in [6.45, 7) is 0.575. The number of nitrogen functional groups attached to an aromatic ring is 1. The lowest BCUT2D eigenvalue weighted by Crippen LogP contribution is -2.04. The molecule has 0 radical (unpaired) electrons. The molecule has 3 nitrogen and oxygen atoms in total. The van der Waals surface area contributed by atoms with E-state index < -0.39 is 0 Å². The summed E-state index contributed by atoms with van der Waals surface area (Å²) in [6, 6.07) is 5.52. The zero-order valence-electron chi connectivity index (χ0n) is 7.82. The number of anilines is 1. The number of hydrogen-bond acceptors (Lipinski definition) is 2. The van der Waals surface area contributed by atoms with Crippen molar-refractivity contribution in [2.24, 2.45) is 0 Å². The number of benzene rings is 1. The Hall–Kier alpha value is -1.19. The standard InChI is InChI=1S/C10H9Cl2N3/c11-8-3-1-2-7(9(8)12)6-15-5-4-14-10(15)13/h1-5H,6H2,(H2,13,14). The van der Waals surface area contributed by atoms with Gasteiger partial charge in [-0.05, 0) is 11.6 Å². The molecule has 1 aromatic carbocycles. The minimum Gasteiger partial charge on any atom is -0.369 e. The molecule has 78 valence electrons. The number of nitrogens with two attached hydrogens (primary N) is 1. The molecule has 0 fully saturated rings. The van der Waals surface area contributed by atoms with Crippen LogP contribution in [0.3, 0.4) is 0 Å². The van der Waals surface area contributed by atoms with Crippen LogP contribution in [0.4, 0.5) is 5.95 Å². The minimum absolute atomic E-state index is 0.464. The lowest BCUT2D eigenvalue weighted by molar-refractivity contribution is 0.811. The first-order valence-corrected chi connectivity index (χ1v) is 5.13. The predicted octanol–water partition coefficient (Wildman–Crippen LogP) is 2.82. The lowest BCUT2D eigenvalue weighted by atomic mass is 10.2. The van der Waals surface area contributed by atoms with Crippen LogP contribution in [0.15, 0.2) is 30.6 Å². The van der Waals surface area contributed by atoms with Gasteiger partial charge in [-0.25, -0.2) is 4.98 Å². The summed E-state index contributed by atoms with van der Waals surface area (Å²) in [6.07, 6.45) is 3.44. The molecular weight excluding hydrogens is 233 g/mol. The molecule has 0 atom stereocenters. The van der Waals surface area contributed by atoms with Crippen molar-refractivity contribution >= 4 is 29.2 Å². The number of rotatable bonds is 2. The van der Waals surface area contributed by atoms with Crippen molar-refractivity contribution < 1.29 is 0 Å². The minimum atomic E-state index is 0.464. The van der Waals surface area contributed by atoms with Gasteiger partial charge in [0.2, 0.25) is 0 Å². The van der Waals surface area contributed by atoms with Gasteiger partial charge in [-0.15, -0.1) is 0 Å². The second-order valence-electron chi connectivity index (χ2n) is 3.13.